The van der Waals surface area contributed by atoms with Crippen LogP contribution in [0.25, 0.3) is 0 Å². The molecule has 0 aromatic heterocycles. The number of carbonyl (C=O) groups is 2. The Kier molecular flexibility index (Phi) is 12.5. The molecule has 0 saturated carbocycles. The van der Waals surface area contributed by atoms with Gasteiger partial charge < -0.3 is 20.5 Å². The van der Waals surface area contributed by atoms with E-state index in [1.165, 1.54) is 6.92 Å². The average molecular weight is 274 g/mol. The number of aliphatic hydroxyl groups excluding tert-OH is 1. The molecular weight excluding hydrogens is 248 g/mol. The first-order chi connectivity index (χ1) is 9.16. The van der Waals surface area contributed by atoms with E-state index in [0.717, 1.165) is 25.7 Å². The lowest BCUT2D eigenvalue weighted by molar-refractivity contribution is -0.121. The molecule has 0 aromatic carbocycles. The molecule has 3 N–H and O–H groups in total. The fraction of sp³-hybridized carbons (Fsp3) is 0.846. The largest absolute Gasteiger partial charge is 0.394 e. The van der Waals surface area contributed by atoms with E-state index in [9.17, 15) is 9.59 Å². The first-order valence-corrected chi connectivity index (χ1v) is 6.86. The van der Waals surface area contributed by atoms with Gasteiger partial charge in [-0.1, -0.05) is 6.42 Å². The van der Waals surface area contributed by atoms with Crippen molar-refractivity contribution in [2.45, 2.75) is 39.0 Å². The van der Waals surface area contributed by atoms with E-state index in [2.05, 4.69) is 10.6 Å². The van der Waals surface area contributed by atoms with Crippen LogP contribution in [0, 0.1) is 0 Å². The molecular formula is C13H26N2O4. The Bertz CT molecular complexity index is 247. The number of rotatable bonds is 12. The minimum Gasteiger partial charge on any atom is -0.394 e. The van der Waals surface area contributed by atoms with Crippen LogP contribution in [0.5, 0.6) is 0 Å². The molecule has 0 atom stereocenters. The van der Waals surface area contributed by atoms with Gasteiger partial charge in [-0.25, -0.2) is 0 Å². The maximum Gasteiger partial charge on any atom is 0.219 e. The van der Waals surface area contributed by atoms with Crippen molar-refractivity contribution >= 4 is 11.8 Å². The summed E-state index contributed by atoms with van der Waals surface area (Å²) in [6, 6.07) is 0. The number of amides is 2. The highest BCUT2D eigenvalue weighted by atomic mass is 16.5. The van der Waals surface area contributed by atoms with Gasteiger partial charge in [0, 0.05) is 33.0 Å². The fourth-order valence-corrected chi connectivity index (χ4v) is 1.51. The molecule has 0 aromatic rings. The van der Waals surface area contributed by atoms with Gasteiger partial charge in [0.2, 0.25) is 11.8 Å². The zero-order chi connectivity index (χ0) is 14.3. The van der Waals surface area contributed by atoms with E-state index in [-0.39, 0.29) is 18.4 Å². The van der Waals surface area contributed by atoms with Crippen molar-refractivity contribution in [2.24, 2.45) is 0 Å². The maximum atomic E-state index is 11.4. The van der Waals surface area contributed by atoms with Crippen LogP contribution in [0.15, 0.2) is 0 Å². The second kappa shape index (κ2) is 13.3. The van der Waals surface area contributed by atoms with Gasteiger partial charge in [0.25, 0.3) is 0 Å². The van der Waals surface area contributed by atoms with E-state index >= 15 is 0 Å². The van der Waals surface area contributed by atoms with Crippen LogP contribution in [0.1, 0.15) is 39.0 Å². The molecule has 0 aliphatic carbocycles. The zero-order valence-corrected chi connectivity index (χ0v) is 11.7. The first kappa shape index (κ1) is 17.9. The molecule has 6 nitrogen and oxygen atoms in total. The molecule has 0 unspecified atom stereocenters. The van der Waals surface area contributed by atoms with Gasteiger partial charge in [-0.2, -0.15) is 0 Å². The van der Waals surface area contributed by atoms with Crippen molar-refractivity contribution in [2.75, 3.05) is 32.9 Å². The second-order valence-corrected chi connectivity index (χ2v) is 4.33. The summed E-state index contributed by atoms with van der Waals surface area (Å²) in [4.78, 5) is 22.0. The molecule has 0 aliphatic heterocycles. The second-order valence-electron chi connectivity index (χ2n) is 4.33. The molecule has 2 amide bonds. The Morgan fingerprint density at radius 2 is 1.74 bits per heavy atom. The minimum absolute atomic E-state index is 0.0128. The molecule has 0 bridgehead atoms. The van der Waals surface area contributed by atoms with E-state index in [1.54, 1.807) is 0 Å². The summed E-state index contributed by atoms with van der Waals surface area (Å²) in [6.07, 6.45) is 3.97. The molecule has 0 saturated heterocycles. The van der Waals surface area contributed by atoms with Gasteiger partial charge in [0.1, 0.15) is 0 Å². The molecule has 6 heteroatoms. The Hall–Kier alpha value is -1.14. The highest BCUT2D eigenvalue weighted by Gasteiger charge is 2.00. The maximum absolute atomic E-state index is 11.4. The van der Waals surface area contributed by atoms with Crippen LogP contribution in [0.3, 0.4) is 0 Å². The Morgan fingerprint density at radius 3 is 2.42 bits per heavy atom. The van der Waals surface area contributed by atoms with Gasteiger partial charge in [0.05, 0.1) is 13.2 Å². The summed E-state index contributed by atoms with van der Waals surface area (Å²) in [6.45, 7) is 3.72. The monoisotopic (exact) mass is 274 g/mol. The predicted molar refractivity (Wildman–Crippen MR) is 72.7 cm³/mol. The number of carbonyl (C=O) groups excluding carboxylic acids is 2. The van der Waals surface area contributed by atoms with E-state index in [0.29, 0.717) is 32.7 Å². The molecule has 0 spiro atoms. The normalized spacial score (nSPS) is 10.2. The van der Waals surface area contributed by atoms with E-state index < -0.39 is 0 Å². The fourth-order valence-electron chi connectivity index (χ4n) is 1.51. The minimum atomic E-state index is -0.0128. The highest BCUT2D eigenvalue weighted by molar-refractivity contribution is 5.75. The third-order valence-corrected chi connectivity index (χ3v) is 2.48. The van der Waals surface area contributed by atoms with Gasteiger partial charge in [-0.3, -0.25) is 9.59 Å². The van der Waals surface area contributed by atoms with E-state index in [4.69, 9.17) is 9.84 Å². The number of nitrogens with one attached hydrogen (secondary N) is 2. The van der Waals surface area contributed by atoms with Crippen molar-refractivity contribution in [1.29, 1.82) is 0 Å². The number of aliphatic hydroxyl groups is 1. The van der Waals surface area contributed by atoms with Crippen LogP contribution >= 0.6 is 0 Å². The molecule has 112 valence electrons. The van der Waals surface area contributed by atoms with Crippen LogP contribution in [-0.2, 0) is 14.3 Å². The lowest BCUT2D eigenvalue weighted by atomic mass is 10.2. The Balaban J connectivity index is 3.19. The summed E-state index contributed by atoms with van der Waals surface area (Å²) in [7, 11) is 0. The first-order valence-electron chi connectivity index (χ1n) is 6.86. The average Bonchev–Trinajstić information content (AvgIpc) is 2.37. The van der Waals surface area contributed by atoms with Gasteiger partial charge in [-0.05, 0) is 19.3 Å². The third-order valence-electron chi connectivity index (χ3n) is 2.48. The van der Waals surface area contributed by atoms with Crippen molar-refractivity contribution in [3.05, 3.63) is 0 Å². The molecule has 0 radical (unpaired) electrons. The van der Waals surface area contributed by atoms with Crippen molar-refractivity contribution in [3.8, 4) is 0 Å². The van der Waals surface area contributed by atoms with Crippen molar-refractivity contribution in [1.82, 2.24) is 10.6 Å². The quantitative estimate of drug-likeness (QED) is 0.444. The lowest BCUT2D eigenvalue weighted by Gasteiger charge is -2.06. The molecule has 0 heterocycles. The number of unbranched alkanes of at least 4 members (excludes halogenated alkanes) is 2. The van der Waals surface area contributed by atoms with Crippen molar-refractivity contribution in [3.63, 3.8) is 0 Å². The highest BCUT2D eigenvalue weighted by Crippen LogP contribution is 1.98. The van der Waals surface area contributed by atoms with Crippen LogP contribution in [0.2, 0.25) is 0 Å². The summed E-state index contributed by atoms with van der Waals surface area (Å²) in [5.41, 5.74) is 0. The topological polar surface area (TPSA) is 87.7 Å². The Labute approximate surface area is 114 Å². The standard InChI is InChI=1S/C13H26N2O4/c1-12(17)14-7-4-2-3-6-13(18)15-8-5-10-19-11-9-16/h16H,2-11H2,1H3,(H,14,17)(H,15,18). The SMILES string of the molecule is CC(=O)NCCCCCC(=O)NCCCOCCO. The number of hydrogen-bond donors (Lipinski definition) is 3. The summed E-state index contributed by atoms with van der Waals surface area (Å²) in [5.74, 6) is 0.0443. The summed E-state index contributed by atoms with van der Waals surface area (Å²) in [5, 5.41) is 14.0. The molecule has 0 aliphatic rings. The predicted octanol–water partition coefficient (Wildman–Crippen LogP) is 0.198. The Morgan fingerprint density at radius 1 is 1.00 bits per heavy atom. The van der Waals surface area contributed by atoms with Gasteiger partial charge in [-0.15, -0.1) is 0 Å². The zero-order valence-electron chi connectivity index (χ0n) is 11.7. The van der Waals surface area contributed by atoms with Crippen molar-refractivity contribution < 1.29 is 19.4 Å². The molecule has 19 heavy (non-hydrogen) atoms. The van der Waals surface area contributed by atoms with Crippen LogP contribution in [0.4, 0.5) is 0 Å². The summed E-state index contributed by atoms with van der Waals surface area (Å²) >= 11 is 0. The third kappa shape index (κ3) is 14.8. The summed E-state index contributed by atoms with van der Waals surface area (Å²) < 4.78 is 5.07. The van der Waals surface area contributed by atoms with Gasteiger partial charge >= 0.3 is 0 Å². The van der Waals surface area contributed by atoms with Gasteiger partial charge in [0.15, 0.2) is 0 Å². The lowest BCUT2D eigenvalue weighted by Crippen LogP contribution is -2.25. The number of ether oxygens (including phenoxy) is 1. The number of hydrogen-bond acceptors (Lipinski definition) is 4. The van der Waals surface area contributed by atoms with Crippen LogP contribution in [-0.4, -0.2) is 49.8 Å². The van der Waals surface area contributed by atoms with E-state index in [1.807, 2.05) is 0 Å². The molecule has 0 rings (SSSR count). The smallest absolute Gasteiger partial charge is 0.219 e. The molecule has 0 fully saturated rings. The van der Waals surface area contributed by atoms with Crippen LogP contribution < -0.4 is 10.6 Å².